The molecule has 0 radical (unpaired) electrons. The Hall–Kier alpha value is -4.56. The van der Waals surface area contributed by atoms with E-state index in [9.17, 15) is 0 Å². The van der Waals surface area contributed by atoms with Gasteiger partial charge in [-0.3, -0.25) is 0 Å². The summed E-state index contributed by atoms with van der Waals surface area (Å²) < 4.78 is 5.08. The number of aromatic nitrogens is 2. The topological polar surface area (TPSA) is 9.86 Å². The average molecular weight is 489 g/mol. The molecule has 0 bridgehead atoms. The highest BCUT2D eigenvalue weighted by Gasteiger charge is 2.24. The lowest BCUT2D eigenvalue weighted by molar-refractivity contribution is 0.602. The van der Waals surface area contributed by atoms with E-state index in [1.807, 2.05) is 0 Å². The standard InChI is InChI=1S/C36H28N2/c1-5-19-33-29(15-1)30-16-2-6-20-34(30)37(33)27-13-9-11-25(23-27)26-12-10-14-28(24-26)38-35-21-7-3-17-31(35)32-18-4-8-22-36(32)38/h1-22,27-28H,23-24H2. The fourth-order valence-electron chi connectivity index (χ4n) is 6.77. The molecule has 0 saturated heterocycles. The summed E-state index contributed by atoms with van der Waals surface area (Å²) in [4.78, 5) is 0. The summed E-state index contributed by atoms with van der Waals surface area (Å²) in [6.07, 6.45) is 15.9. The minimum absolute atomic E-state index is 0.290. The lowest BCUT2D eigenvalue weighted by Crippen LogP contribution is -2.14. The van der Waals surface area contributed by atoms with Gasteiger partial charge in [0.05, 0.1) is 12.1 Å². The molecule has 2 aliphatic carbocycles. The van der Waals surface area contributed by atoms with E-state index in [1.54, 1.807) is 0 Å². The van der Waals surface area contributed by atoms with Crippen molar-refractivity contribution in [3.63, 3.8) is 0 Å². The third kappa shape index (κ3) is 3.20. The maximum atomic E-state index is 2.54. The molecule has 38 heavy (non-hydrogen) atoms. The number of benzene rings is 4. The third-order valence-corrected chi connectivity index (χ3v) is 8.43. The van der Waals surface area contributed by atoms with Crippen LogP contribution in [0.1, 0.15) is 24.9 Å². The van der Waals surface area contributed by atoms with Gasteiger partial charge in [0, 0.05) is 43.6 Å². The Kier molecular flexibility index (Phi) is 4.81. The quantitative estimate of drug-likeness (QED) is 0.235. The second-order valence-electron chi connectivity index (χ2n) is 10.5. The van der Waals surface area contributed by atoms with E-state index >= 15 is 0 Å². The van der Waals surface area contributed by atoms with Crippen LogP contribution in [-0.4, -0.2) is 9.13 Å². The fourth-order valence-corrected chi connectivity index (χ4v) is 6.77. The number of rotatable bonds is 3. The van der Waals surface area contributed by atoms with E-state index in [0.717, 1.165) is 12.8 Å². The molecule has 182 valence electrons. The number of hydrogen-bond donors (Lipinski definition) is 0. The molecular weight excluding hydrogens is 460 g/mol. The van der Waals surface area contributed by atoms with Gasteiger partial charge in [-0.25, -0.2) is 0 Å². The minimum Gasteiger partial charge on any atom is -0.333 e. The molecule has 2 atom stereocenters. The van der Waals surface area contributed by atoms with Crippen LogP contribution in [0.15, 0.2) is 145 Å². The number of para-hydroxylation sites is 4. The molecule has 8 rings (SSSR count). The van der Waals surface area contributed by atoms with Crippen molar-refractivity contribution in [2.75, 3.05) is 0 Å². The Morgan fingerprint density at radius 1 is 0.421 bits per heavy atom. The first-order valence-electron chi connectivity index (χ1n) is 13.6. The zero-order valence-corrected chi connectivity index (χ0v) is 21.2. The molecule has 2 heterocycles. The van der Waals surface area contributed by atoms with Crippen molar-refractivity contribution in [3.8, 4) is 0 Å². The zero-order chi connectivity index (χ0) is 25.1. The monoisotopic (exact) mass is 488 g/mol. The number of fused-ring (bicyclic) bond motifs is 6. The predicted octanol–water partition coefficient (Wildman–Crippen LogP) is 9.46. The smallest absolute Gasteiger partial charge is 0.0566 e. The van der Waals surface area contributed by atoms with Gasteiger partial charge in [-0.15, -0.1) is 0 Å². The number of allylic oxidation sites excluding steroid dienone is 8. The molecule has 0 saturated carbocycles. The van der Waals surface area contributed by atoms with Gasteiger partial charge in [-0.2, -0.15) is 0 Å². The zero-order valence-electron chi connectivity index (χ0n) is 21.2. The first kappa shape index (κ1) is 21.5. The van der Waals surface area contributed by atoms with Gasteiger partial charge >= 0.3 is 0 Å². The van der Waals surface area contributed by atoms with Crippen LogP contribution in [0.2, 0.25) is 0 Å². The Morgan fingerprint density at radius 2 is 0.737 bits per heavy atom. The van der Waals surface area contributed by atoms with E-state index < -0.39 is 0 Å². The van der Waals surface area contributed by atoms with Gasteiger partial charge in [0.2, 0.25) is 0 Å². The van der Waals surface area contributed by atoms with Gasteiger partial charge in [-0.05, 0) is 48.3 Å². The van der Waals surface area contributed by atoms with Gasteiger partial charge in [0.25, 0.3) is 0 Å². The number of hydrogen-bond acceptors (Lipinski definition) is 0. The lowest BCUT2D eigenvalue weighted by atomic mass is 9.87. The molecule has 4 aromatic carbocycles. The van der Waals surface area contributed by atoms with Crippen LogP contribution in [0.4, 0.5) is 0 Å². The first-order valence-corrected chi connectivity index (χ1v) is 13.6. The van der Waals surface area contributed by atoms with Crippen molar-refractivity contribution < 1.29 is 0 Å². The number of nitrogens with zero attached hydrogens (tertiary/aromatic N) is 2. The highest BCUT2D eigenvalue weighted by Crippen LogP contribution is 2.41. The molecule has 0 aliphatic heterocycles. The summed E-state index contributed by atoms with van der Waals surface area (Å²) in [5.41, 5.74) is 8.12. The minimum atomic E-state index is 0.290. The van der Waals surface area contributed by atoms with E-state index in [4.69, 9.17) is 0 Å². The SMILES string of the molecule is C1=CC(n2c3ccccc3c3ccccc32)CC(C2=CC=CC(n3c4ccccc4c4ccccc43)C2)=C1. The van der Waals surface area contributed by atoms with Crippen molar-refractivity contribution in [3.05, 3.63) is 145 Å². The Labute approximate surface area is 222 Å². The van der Waals surface area contributed by atoms with E-state index in [-0.39, 0.29) is 0 Å². The maximum Gasteiger partial charge on any atom is 0.0566 e. The van der Waals surface area contributed by atoms with Crippen LogP contribution in [0.25, 0.3) is 43.6 Å². The van der Waals surface area contributed by atoms with Crippen molar-refractivity contribution in [1.82, 2.24) is 9.13 Å². The summed E-state index contributed by atoms with van der Waals surface area (Å²) >= 11 is 0. The summed E-state index contributed by atoms with van der Waals surface area (Å²) in [6.45, 7) is 0. The second kappa shape index (κ2) is 8.49. The normalized spacial score (nSPS) is 19.5. The average Bonchev–Trinajstić information content (AvgIpc) is 3.51. The summed E-state index contributed by atoms with van der Waals surface area (Å²) in [5, 5.41) is 5.33. The van der Waals surface area contributed by atoms with E-state index in [0.29, 0.717) is 12.1 Å². The summed E-state index contributed by atoms with van der Waals surface area (Å²) in [5.74, 6) is 0. The molecule has 2 aliphatic rings. The van der Waals surface area contributed by atoms with Crippen LogP contribution in [0.3, 0.4) is 0 Å². The van der Waals surface area contributed by atoms with Crippen LogP contribution in [0.5, 0.6) is 0 Å². The Bertz CT molecular complexity index is 1740. The van der Waals surface area contributed by atoms with Crippen LogP contribution >= 0.6 is 0 Å². The van der Waals surface area contributed by atoms with Gasteiger partial charge in [-0.1, -0.05) is 109 Å². The first-order chi connectivity index (χ1) is 18.9. The lowest BCUT2D eigenvalue weighted by Gasteiger charge is -2.27. The molecule has 0 spiro atoms. The summed E-state index contributed by atoms with van der Waals surface area (Å²) in [7, 11) is 0. The molecular formula is C36H28N2. The molecule has 2 nitrogen and oxygen atoms in total. The third-order valence-electron chi connectivity index (χ3n) is 8.43. The van der Waals surface area contributed by atoms with Gasteiger partial charge in [0.15, 0.2) is 0 Å². The van der Waals surface area contributed by atoms with Crippen molar-refractivity contribution in [1.29, 1.82) is 0 Å². The molecule has 0 amide bonds. The van der Waals surface area contributed by atoms with Crippen molar-refractivity contribution in [2.24, 2.45) is 0 Å². The molecule has 2 heteroatoms. The predicted molar refractivity (Wildman–Crippen MR) is 161 cm³/mol. The molecule has 2 aromatic heterocycles. The highest BCUT2D eigenvalue weighted by atomic mass is 15.0. The molecule has 2 unspecified atom stereocenters. The molecule has 0 fully saturated rings. The Balaban J connectivity index is 1.16. The molecule has 6 aromatic rings. The highest BCUT2D eigenvalue weighted by molar-refractivity contribution is 6.09. The molecule has 0 N–H and O–H groups in total. The van der Waals surface area contributed by atoms with Crippen LogP contribution in [-0.2, 0) is 0 Å². The maximum absolute atomic E-state index is 2.54. The van der Waals surface area contributed by atoms with Gasteiger partial charge < -0.3 is 9.13 Å². The van der Waals surface area contributed by atoms with E-state index in [1.165, 1.54) is 54.8 Å². The van der Waals surface area contributed by atoms with Crippen molar-refractivity contribution in [2.45, 2.75) is 24.9 Å². The van der Waals surface area contributed by atoms with Crippen LogP contribution in [0, 0.1) is 0 Å². The Morgan fingerprint density at radius 3 is 1.08 bits per heavy atom. The second-order valence-corrected chi connectivity index (χ2v) is 10.5. The fraction of sp³-hybridized carbons (Fsp3) is 0.111. The summed E-state index contributed by atoms with van der Waals surface area (Å²) in [6, 6.07) is 35.9. The van der Waals surface area contributed by atoms with E-state index in [2.05, 4.69) is 143 Å². The van der Waals surface area contributed by atoms with Gasteiger partial charge in [0.1, 0.15) is 0 Å². The van der Waals surface area contributed by atoms with Crippen molar-refractivity contribution >= 4 is 43.6 Å². The largest absolute Gasteiger partial charge is 0.333 e. The van der Waals surface area contributed by atoms with Crippen LogP contribution < -0.4 is 0 Å².